The number of nitrogens with two attached hydrogens (primary N) is 1. The van der Waals surface area contributed by atoms with Gasteiger partial charge in [-0.3, -0.25) is 28.9 Å². The first-order valence-corrected chi connectivity index (χ1v) is 13.3. The molecule has 12 heteroatoms. The maximum Gasteiger partial charge on any atom is 0.235 e. The number of rotatable bonds is 6. The first-order chi connectivity index (χ1) is 19.3. The van der Waals surface area contributed by atoms with Gasteiger partial charge < -0.3 is 26.2 Å². The van der Waals surface area contributed by atoms with E-state index in [0.29, 0.717) is 22.6 Å². The van der Waals surface area contributed by atoms with Crippen LogP contribution in [0.1, 0.15) is 27.9 Å². The Morgan fingerprint density at radius 1 is 1.15 bits per heavy atom. The number of aliphatic hydroxyl groups is 1. The molecule has 5 rings (SSSR count). The Balaban J connectivity index is 1.60. The summed E-state index contributed by atoms with van der Waals surface area (Å²) in [6.07, 6.45) is 1.81. The molecule has 1 aromatic heterocycles. The zero-order valence-corrected chi connectivity index (χ0v) is 23.2. The van der Waals surface area contributed by atoms with Crippen molar-refractivity contribution in [2.75, 3.05) is 38.4 Å². The number of hydrogen-bond acceptors (Lipinski definition) is 11. The number of carbonyl (C=O) groups is 5. The topological polar surface area (TPSA) is 183 Å². The van der Waals surface area contributed by atoms with Crippen molar-refractivity contribution in [3.63, 3.8) is 0 Å². The molecule has 2 saturated carbocycles. The van der Waals surface area contributed by atoms with Crippen LogP contribution in [0.25, 0.3) is 0 Å². The average molecular weight is 564 g/mol. The highest BCUT2D eigenvalue weighted by molar-refractivity contribution is 6.32. The number of hydrogen-bond donors (Lipinski definition) is 4. The predicted octanol–water partition coefficient (Wildman–Crippen LogP) is -0.0599. The number of carbonyl (C=O) groups excluding carboxylic acids is 5. The highest BCUT2D eigenvalue weighted by Crippen LogP contribution is 2.52. The highest BCUT2D eigenvalue weighted by Gasteiger charge is 2.69. The molecule has 3 aliphatic rings. The normalized spacial score (nSPS) is 29.1. The van der Waals surface area contributed by atoms with Crippen molar-refractivity contribution < 1.29 is 34.2 Å². The van der Waals surface area contributed by atoms with Gasteiger partial charge in [-0.05, 0) is 56.6 Å². The van der Waals surface area contributed by atoms with Gasteiger partial charge in [0.2, 0.25) is 5.91 Å². The van der Waals surface area contributed by atoms with Gasteiger partial charge in [-0.25, -0.2) is 4.98 Å². The lowest BCUT2D eigenvalue weighted by Crippen LogP contribution is -2.74. The number of aromatic hydroxyl groups is 1. The van der Waals surface area contributed by atoms with Crippen molar-refractivity contribution in [2.24, 2.45) is 29.4 Å². The van der Waals surface area contributed by atoms with Gasteiger partial charge in [0, 0.05) is 44.0 Å². The van der Waals surface area contributed by atoms with Crippen LogP contribution in [0.5, 0.6) is 5.75 Å². The van der Waals surface area contributed by atoms with Crippen LogP contribution in [0, 0.1) is 23.7 Å². The van der Waals surface area contributed by atoms with Crippen molar-refractivity contribution in [3.05, 3.63) is 47.2 Å². The van der Waals surface area contributed by atoms with E-state index >= 15 is 0 Å². The molecular weight excluding hydrogens is 530 g/mol. The standard InChI is InChI=1S/C29H33N5O7/c1-33(2)17-11-14(12-32-18-7-5-6-8-31-18)23(35)20-15(17)9-13-10-16-22(34(3)4)25(37)21(28(30)40)27(39)29(16,41)26(38)19(13)24(20)36/h5-8,11,13,16,19,21-22,35,41H,9-10,12H2,1-4H3,(H2,30,40)(H,31,32)/t13-,16-,19?,21?,22-,29-/m0/s1. The van der Waals surface area contributed by atoms with Gasteiger partial charge in [0.1, 0.15) is 11.6 Å². The molecule has 2 unspecified atom stereocenters. The number of phenols is 1. The fourth-order valence-electron chi connectivity index (χ4n) is 6.89. The maximum atomic E-state index is 14.1. The van der Waals surface area contributed by atoms with E-state index in [0.717, 1.165) is 0 Å². The van der Waals surface area contributed by atoms with Gasteiger partial charge in [0.05, 0.1) is 17.5 Å². The molecule has 41 heavy (non-hydrogen) atoms. The van der Waals surface area contributed by atoms with Crippen LogP contribution in [0.15, 0.2) is 30.5 Å². The molecule has 2 aromatic rings. The molecular formula is C29H33N5O7. The average Bonchev–Trinajstić information content (AvgIpc) is 2.90. The summed E-state index contributed by atoms with van der Waals surface area (Å²) in [4.78, 5) is 74.4. The number of benzene rings is 1. The number of likely N-dealkylation sites (N-methyl/N-ethyl adjacent to an activating group) is 1. The number of pyridine rings is 1. The zero-order chi connectivity index (χ0) is 30.0. The number of primary amides is 1. The second-order valence-corrected chi connectivity index (χ2v) is 11.5. The molecule has 0 bridgehead atoms. The number of ketones is 4. The van der Waals surface area contributed by atoms with Gasteiger partial charge in [-0.1, -0.05) is 6.07 Å². The number of Topliss-reactive ketones (excluding diaryl/α,β-unsaturated/α-hetero) is 4. The number of phenolic OH excluding ortho intramolecular Hbond substituents is 1. The van der Waals surface area contributed by atoms with E-state index < -0.39 is 64.4 Å². The second kappa shape index (κ2) is 10.0. The van der Waals surface area contributed by atoms with Crippen LogP contribution in [0.3, 0.4) is 0 Å². The van der Waals surface area contributed by atoms with Crippen molar-refractivity contribution in [1.29, 1.82) is 0 Å². The SMILES string of the molecule is CN(C)c1cc(CNc2ccccn2)c(O)c2c1C[C@H]1C[C@H]3[C@H](N(C)C)C(=O)C(C(N)=O)C(=O)[C@@]3(O)C(=O)C1C2=O. The molecule has 1 heterocycles. The minimum atomic E-state index is -2.75. The third-order valence-electron chi connectivity index (χ3n) is 8.72. The van der Waals surface area contributed by atoms with Crippen molar-refractivity contribution in [2.45, 2.75) is 31.0 Å². The smallest absolute Gasteiger partial charge is 0.235 e. The predicted molar refractivity (Wildman–Crippen MR) is 147 cm³/mol. The van der Waals surface area contributed by atoms with Gasteiger partial charge in [0.15, 0.2) is 34.7 Å². The summed E-state index contributed by atoms with van der Waals surface area (Å²) in [6, 6.07) is 5.94. The van der Waals surface area contributed by atoms with E-state index in [2.05, 4.69) is 10.3 Å². The number of fused-ring (bicyclic) bond motifs is 3. The first-order valence-electron chi connectivity index (χ1n) is 13.3. The molecule has 1 amide bonds. The monoisotopic (exact) mass is 563 g/mol. The van der Waals surface area contributed by atoms with Crippen molar-refractivity contribution in [1.82, 2.24) is 9.88 Å². The largest absolute Gasteiger partial charge is 0.507 e. The van der Waals surface area contributed by atoms with E-state index in [1.54, 1.807) is 58.7 Å². The maximum absolute atomic E-state index is 14.1. The lowest BCUT2D eigenvalue weighted by atomic mass is 9.52. The molecule has 0 saturated heterocycles. The Labute approximate surface area is 236 Å². The second-order valence-electron chi connectivity index (χ2n) is 11.5. The van der Waals surface area contributed by atoms with E-state index in [9.17, 15) is 34.2 Å². The quantitative estimate of drug-likeness (QED) is 0.345. The molecule has 5 N–H and O–H groups in total. The minimum absolute atomic E-state index is 0.000505. The summed E-state index contributed by atoms with van der Waals surface area (Å²) in [5.74, 6) is -10.1. The molecule has 12 nitrogen and oxygen atoms in total. The molecule has 0 radical (unpaired) electrons. The molecule has 6 atom stereocenters. The number of anilines is 2. The summed E-state index contributed by atoms with van der Waals surface area (Å²) >= 11 is 0. The Morgan fingerprint density at radius 3 is 2.44 bits per heavy atom. The summed E-state index contributed by atoms with van der Waals surface area (Å²) in [5, 5.41) is 26.2. The Morgan fingerprint density at radius 2 is 1.85 bits per heavy atom. The third kappa shape index (κ3) is 4.20. The van der Waals surface area contributed by atoms with Crippen molar-refractivity contribution in [3.8, 4) is 5.75 Å². The number of nitrogens with one attached hydrogen (secondary N) is 1. The van der Waals surface area contributed by atoms with Crippen LogP contribution in [-0.4, -0.2) is 89.0 Å². The Bertz CT molecular complexity index is 1470. The van der Waals surface area contributed by atoms with E-state index in [1.807, 2.05) is 4.90 Å². The summed E-state index contributed by atoms with van der Waals surface area (Å²) < 4.78 is 0. The number of aromatic nitrogens is 1. The zero-order valence-electron chi connectivity index (χ0n) is 23.2. The fourth-order valence-corrected chi connectivity index (χ4v) is 6.89. The molecule has 0 aliphatic heterocycles. The van der Waals surface area contributed by atoms with Crippen LogP contribution in [0.4, 0.5) is 11.5 Å². The minimum Gasteiger partial charge on any atom is -0.507 e. The molecule has 0 spiro atoms. The summed E-state index contributed by atoms with van der Waals surface area (Å²) in [6.45, 7) is 0.129. The van der Waals surface area contributed by atoms with E-state index in [-0.39, 0.29) is 30.7 Å². The van der Waals surface area contributed by atoms with Crippen LogP contribution in [-0.2, 0) is 32.1 Å². The van der Waals surface area contributed by atoms with Crippen molar-refractivity contribution >= 4 is 40.5 Å². The lowest BCUT2D eigenvalue weighted by molar-refractivity contribution is -0.181. The van der Waals surface area contributed by atoms with E-state index in [1.165, 1.54) is 4.90 Å². The van der Waals surface area contributed by atoms with Gasteiger partial charge in [0.25, 0.3) is 0 Å². The van der Waals surface area contributed by atoms with Gasteiger partial charge in [-0.15, -0.1) is 0 Å². The van der Waals surface area contributed by atoms with Crippen LogP contribution >= 0.6 is 0 Å². The molecule has 3 aliphatic carbocycles. The fraction of sp³-hybridized carbons (Fsp3) is 0.448. The van der Waals surface area contributed by atoms with Gasteiger partial charge in [-0.2, -0.15) is 0 Å². The molecule has 2 fully saturated rings. The summed E-state index contributed by atoms with van der Waals surface area (Å²) in [5.41, 5.74) is 4.19. The van der Waals surface area contributed by atoms with E-state index in [4.69, 9.17) is 5.73 Å². The third-order valence-corrected chi connectivity index (χ3v) is 8.72. The Hall–Kier alpha value is -4.16. The highest BCUT2D eigenvalue weighted by atomic mass is 16.3. The lowest BCUT2D eigenvalue weighted by Gasteiger charge is -2.52. The first kappa shape index (κ1) is 28.4. The molecule has 216 valence electrons. The van der Waals surface area contributed by atoms with Crippen LogP contribution in [0.2, 0.25) is 0 Å². The number of nitrogens with zero attached hydrogens (tertiary/aromatic N) is 3. The Kier molecular flexibility index (Phi) is 6.94. The molecule has 1 aromatic carbocycles. The summed E-state index contributed by atoms with van der Waals surface area (Å²) in [7, 11) is 6.71. The number of amides is 1. The van der Waals surface area contributed by atoms with Gasteiger partial charge >= 0.3 is 0 Å². The van der Waals surface area contributed by atoms with Crippen LogP contribution < -0.4 is 16.0 Å².